The third kappa shape index (κ3) is 3.56. The zero-order valence-electron chi connectivity index (χ0n) is 10.4. The molecule has 1 aromatic carbocycles. The Balaban J connectivity index is 1.94. The van der Waals surface area contributed by atoms with Crippen LogP contribution in [0, 0.1) is 5.92 Å². The number of hydrogen-bond donors (Lipinski definition) is 1. The van der Waals surface area contributed by atoms with Gasteiger partial charge in [0.15, 0.2) is 0 Å². The summed E-state index contributed by atoms with van der Waals surface area (Å²) < 4.78 is 12.3. The van der Waals surface area contributed by atoms with Crippen LogP contribution in [0.4, 0.5) is 5.69 Å². The lowest BCUT2D eigenvalue weighted by Gasteiger charge is -2.26. The Morgan fingerprint density at radius 2 is 2.00 bits per heavy atom. The maximum atomic E-state index is 12.3. The number of benzene rings is 1. The number of nitrogen functional groups attached to an aromatic ring is 1. The molecule has 0 heterocycles. The van der Waals surface area contributed by atoms with Crippen molar-refractivity contribution in [1.29, 1.82) is 0 Å². The minimum atomic E-state index is -0.726. The van der Waals surface area contributed by atoms with Gasteiger partial charge in [-0.1, -0.05) is 31.9 Å². The van der Waals surface area contributed by atoms with Gasteiger partial charge in [-0.3, -0.25) is 4.21 Å². The largest absolute Gasteiger partial charge is 0.399 e. The summed E-state index contributed by atoms with van der Waals surface area (Å²) in [5.74, 6) is 1.42. The van der Waals surface area contributed by atoms with Crippen molar-refractivity contribution < 1.29 is 4.21 Å². The molecular formula is C14H21NOS. The Morgan fingerprint density at radius 3 is 2.65 bits per heavy atom. The second kappa shape index (κ2) is 5.67. The van der Waals surface area contributed by atoms with Crippen LogP contribution in [-0.2, 0) is 16.6 Å². The Hall–Kier alpha value is -0.830. The van der Waals surface area contributed by atoms with E-state index in [4.69, 9.17) is 5.73 Å². The molecule has 0 amide bonds. The van der Waals surface area contributed by atoms with Crippen LogP contribution in [0.15, 0.2) is 24.3 Å². The maximum Gasteiger partial charge on any atom is 0.0488 e. The molecule has 1 saturated carbocycles. The van der Waals surface area contributed by atoms with E-state index in [1.165, 1.54) is 12.8 Å². The molecule has 0 aliphatic heterocycles. The highest BCUT2D eigenvalue weighted by atomic mass is 32.2. The SMILES string of the molecule is CC1CCCC(S(=O)Cc2ccc(N)cc2)C1. The molecule has 2 N–H and O–H groups in total. The first-order chi connectivity index (χ1) is 8.15. The van der Waals surface area contributed by atoms with Gasteiger partial charge in [0.2, 0.25) is 0 Å². The zero-order valence-corrected chi connectivity index (χ0v) is 11.2. The van der Waals surface area contributed by atoms with E-state index in [-0.39, 0.29) is 0 Å². The van der Waals surface area contributed by atoms with E-state index in [0.717, 1.165) is 30.0 Å². The third-order valence-electron chi connectivity index (χ3n) is 3.55. The van der Waals surface area contributed by atoms with Crippen molar-refractivity contribution in [2.24, 2.45) is 5.92 Å². The maximum absolute atomic E-state index is 12.3. The highest BCUT2D eigenvalue weighted by Gasteiger charge is 2.23. The Kier molecular flexibility index (Phi) is 4.21. The summed E-state index contributed by atoms with van der Waals surface area (Å²) in [7, 11) is -0.726. The van der Waals surface area contributed by atoms with Crippen molar-refractivity contribution in [3.63, 3.8) is 0 Å². The molecule has 1 aromatic rings. The molecule has 1 fully saturated rings. The first-order valence-electron chi connectivity index (χ1n) is 6.36. The minimum Gasteiger partial charge on any atom is -0.399 e. The van der Waals surface area contributed by atoms with E-state index in [1.54, 1.807) is 0 Å². The van der Waals surface area contributed by atoms with E-state index < -0.39 is 10.8 Å². The lowest BCUT2D eigenvalue weighted by molar-refractivity contribution is 0.389. The Morgan fingerprint density at radius 1 is 1.29 bits per heavy atom. The summed E-state index contributed by atoms with van der Waals surface area (Å²) in [5.41, 5.74) is 7.55. The summed E-state index contributed by atoms with van der Waals surface area (Å²) in [6.45, 7) is 2.27. The van der Waals surface area contributed by atoms with Crippen LogP contribution in [0.3, 0.4) is 0 Å². The molecule has 94 valence electrons. The van der Waals surface area contributed by atoms with Crippen molar-refractivity contribution >= 4 is 16.5 Å². The smallest absolute Gasteiger partial charge is 0.0488 e. The van der Waals surface area contributed by atoms with Gasteiger partial charge in [0.25, 0.3) is 0 Å². The number of nitrogens with two attached hydrogens (primary N) is 1. The predicted molar refractivity (Wildman–Crippen MR) is 74.1 cm³/mol. The fourth-order valence-electron chi connectivity index (χ4n) is 2.51. The van der Waals surface area contributed by atoms with Crippen LogP contribution >= 0.6 is 0 Å². The summed E-state index contributed by atoms with van der Waals surface area (Å²) in [6.07, 6.45) is 4.79. The van der Waals surface area contributed by atoms with Crippen LogP contribution in [0.1, 0.15) is 38.2 Å². The lowest BCUT2D eigenvalue weighted by Crippen LogP contribution is -2.23. The number of rotatable bonds is 3. The quantitative estimate of drug-likeness (QED) is 0.839. The van der Waals surface area contributed by atoms with E-state index in [1.807, 2.05) is 24.3 Å². The van der Waals surface area contributed by atoms with Crippen molar-refractivity contribution in [2.75, 3.05) is 5.73 Å². The van der Waals surface area contributed by atoms with E-state index in [2.05, 4.69) is 6.92 Å². The fourth-order valence-corrected chi connectivity index (χ4v) is 4.24. The molecule has 0 bridgehead atoms. The molecule has 2 rings (SSSR count). The van der Waals surface area contributed by atoms with Crippen molar-refractivity contribution in [3.8, 4) is 0 Å². The number of anilines is 1. The van der Waals surface area contributed by atoms with Gasteiger partial charge in [-0.15, -0.1) is 0 Å². The van der Waals surface area contributed by atoms with Crippen molar-refractivity contribution in [1.82, 2.24) is 0 Å². The average molecular weight is 251 g/mol. The van der Waals surface area contributed by atoms with Gasteiger partial charge in [0.05, 0.1) is 0 Å². The highest BCUT2D eigenvalue weighted by molar-refractivity contribution is 7.84. The first kappa shape index (κ1) is 12.6. The molecule has 3 atom stereocenters. The van der Waals surface area contributed by atoms with Crippen LogP contribution < -0.4 is 5.73 Å². The molecule has 3 heteroatoms. The monoisotopic (exact) mass is 251 g/mol. The summed E-state index contributed by atoms with van der Waals surface area (Å²) >= 11 is 0. The van der Waals surface area contributed by atoms with Crippen LogP contribution in [-0.4, -0.2) is 9.46 Å². The molecule has 17 heavy (non-hydrogen) atoms. The van der Waals surface area contributed by atoms with E-state index >= 15 is 0 Å². The molecule has 1 aliphatic carbocycles. The Bertz CT molecular complexity index is 388. The number of hydrogen-bond acceptors (Lipinski definition) is 2. The molecule has 2 nitrogen and oxygen atoms in total. The first-order valence-corrected chi connectivity index (χ1v) is 7.75. The summed E-state index contributed by atoms with van der Waals surface area (Å²) in [4.78, 5) is 0. The van der Waals surface area contributed by atoms with E-state index in [9.17, 15) is 4.21 Å². The highest BCUT2D eigenvalue weighted by Crippen LogP contribution is 2.28. The van der Waals surface area contributed by atoms with Crippen molar-refractivity contribution in [3.05, 3.63) is 29.8 Å². The van der Waals surface area contributed by atoms with Gasteiger partial charge in [-0.05, 0) is 36.5 Å². The topological polar surface area (TPSA) is 43.1 Å². The van der Waals surface area contributed by atoms with Gasteiger partial charge < -0.3 is 5.73 Å². The average Bonchev–Trinajstić information content (AvgIpc) is 2.32. The third-order valence-corrected chi connectivity index (χ3v) is 5.34. The minimum absolute atomic E-state index is 0.399. The van der Waals surface area contributed by atoms with E-state index in [0.29, 0.717) is 11.0 Å². The molecule has 0 aromatic heterocycles. The molecular weight excluding hydrogens is 230 g/mol. The summed E-state index contributed by atoms with van der Waals surface area (Å²) in [6, 6.07) is 7.74. The van der Waals surface area contributed by atoms with Gasteiger partial charge in [0.1, 0.15) is 0 Å². The van der Waals surface area contributed by atoms with Crippen LogP contribution in [0.25, 0.3) is 0 Å². The predicted octanol–water partition coefficient (Wildman–Crippen LogP) is 3.10. The molecule has 1 aliphatic rings. The normalized spacial score (nSPS) is 26.6. The van der Waals surface area contributed by atoms with Crippen LogP contribution in [0.5, 0.6) is 0 Å². The van der Waals surface area contributed by atoms with Gasteiger partial charge >= 0.3 is 0 Å². The molecule has 0 saturated heterocycles. The fraction of sp³-hybridized carbons (Fsp3) is 0.571. The molecule has 0 radical (unpaired) electrons. The zero-order chi connectivity index (χ0) is 12.3. The molecule has 0 spiro atoms. The summed E-state index contributed by atoms with van der Waals surface area (Å²) in [5, 5.41) is 0.399. The lowest BCUT2D eigenvalue weighted by atomic mass is 9.91. The van der Waals surface area contributed by atoms with Crippen molar-refractivity contribution in [2.45, 2.75) is 43.6 Å². The molecule has 3 unspecified atom stereocenters. The standard InChI is InChI=1S/C14H21NOS/c1-11-3-2-4-14(9-11)17(16)10-12-5-7-13(15)8-6-12/h5-8,11,14H,2-4,9-10,15H2,1H3. The van der Waals surface area contributed by atoms with Gasteiger partial charge in [-0.25, -0.2) is 0 Å². The second-order valence-corrected chi connectivity index (χ2v) is 6.88. The van der Waals surface area contributed by atoms with Crippen LogP contribution in [0.2, 0.25) is 0 Å². The van der Waals surface area contributed by atoms with Gasteiger partial charge in [0, 0.05) is 27.5 Å². The Labute approximate surface area is 106 Å². The van der Waals surface area contributed by atoms with Gasteiger partial charge in [-0.2, -0.15) is 0 Å². The second-order valence-electron chi connectivity index (χ2n) is 5.16.